The third-order valence-corrected chi connectivity index (χ3v) is 4.31. The van der Waals surface area contributed by atoms with Crippen LogP contribution in [0.15, 0.2) is 54.6 Å². The van der Waals surface area contributed by atoms with Gasteiger partial charge in [0.1, 0.15) is 0 Å². The van der Waals surface area contributed by atoms with Crippen molar-refractivity contribution in [1.82, 2.24) is 19.9 Å². The number of rotatable bonds is 6. The Morgan fingerprint density at radius 2 is 2.10 bits per heavy atom. The van der Waals surface area contributed by atoms with Crippen LogP contribution in [0, 0.1) is 0 Å². The zero-order valence-electron chi connectivity index (χ0n) is 11.9. The van der Waals surface area contributed by atoms with Crippen molar-refractivity contribution >= 4 is 11.3 Å². The fourth-order valence-corrected chi connectivity index (χ4v) is 2.86. The molecule has 0 aliphatic heterocycles. The van der Waals surface area contributed by atoms with Gasteiger partial charge in [-0.1, -0.05) is 12.1 Å². The topological polar surface area (TPSA) is 42.7 Å². The number of hydrogen-bond donors (Lipinski definition) is 1. The van der Waals surface area contributed by atoms with E-state index in [4.69, 9.17) is 0 Å². The van der Waals surface area contributed by atoms with Gasteiger partial charge in [-0.15, -0.1) is 11.3 Å². The zero-order chi connectivity index (χ0) is 14.5. The number of thiazole rings is 1. The normalized spacial score (nSPS) is 12.4. The molecule has 1 unspecified atom stereocenters. The van der Waals surface area contributed by atoms with Crippen LogP contribution in [0.4, 0.5) is 0 Å². The van der Waals surface area contributed by atoms with Gasteiger partial charge in [0.05, 0.1) is 11.3 Å². The van der Waals surface area contributed by atoms with Crippen LogP contribution in [0.5, 0.6) is 0 Å². The van der Waals surface area contributed by atoms with E-state index in [0.29, 0.717) is 6.04 Å². The molecule has 0 aliphatic carbocycles. The van der Waals surface area contributed by atoms with Crippen LogP contribution in [-0.2, 0) is 6.42 Å². The highest BCUT2D eigenvalue weighted by atomic mass is 32.1. The summed E-state index contributed by atoms with van der Waals surface area (Å²) in [5.74, 6) is 0. The van der Waals surface area contributed by atoms with E-state index in [9.17, 15) is 0 Å². The van der Waals surface area contributed by atoms with Crippen LogP contribution in [0.1, 0.15) is 23.5 Å². The summed E-state index contributed by atoms with van der Waals surface area (Å²) in [7, 11) is 0. The van der Waals surface area contributed by atoms with Crippen molar-refractivity contribution in [1.29, 1.82) is 0 Å². The average Bonchev–Trinajstić information content (AvgIpc) is 3.21. The largest absolute Gasteiger partial charge is 0.310 e. The molecule has 4 nitrogen and oxygen atoms in total. The lowest BCUT2D eigenvalue weighted by Gasteiger charge is -2.14. The van der Waals surface area contributed by atoms with Crippen molar-refractivity contribution in [3.05, 3.63) is 65.1 Å². The predicted octanol–water partition coefficient (Wildman–Crippen LogP) is 3.22. The second-order valence-electron chi connectivity index (χ2n) is 4.91. The van der Waals surface area contributed by atoms with Crippen molar-refractivity contribution < 1.29 is 0 Å². The summed E-state index contributed by atoms with van der Waals surface area (Å²) in [6.07, 6.45) is 8.39. The van der Waals surface area contributed by atoms with E-state index >= 15 is 0 Å². The molecule has 3 rings (SSSR count). The van der Waals surface area contributed by atoms with Gasteiger partial charge in [-0.25, -0.2) is 9.97 Å². The molecule has 0 fully saturated rings. The van der Waals surface area contributed by atoms with E-state index in [0.717, 1.165) is 18.7 Å². The Morgan fingerprint density at radius 3 is 2.76 bits per heavy atom. The van der Waals surface area contributed by atoms with Gasteiger partial charge >= 0.3 is 0 Å². The highest BCUT2D eigenvalue weighted by Gasteiger charge is 2.05. The molecular weight excluding hydrogens is 280 g/mol. The van der Waals surface area contributed by atoms with Crippen molar-refractivity contribution in [2.45, 2.75) is 19.4 Å². The number of benzene rings is 1. The van der Waals surface area contributed by atoms with Crippen molar-refractivity contribution in [2.75, 3.05) is 6.54 Å². The molecule has 0 bridgehead atoms. The highest BCUT2D eigenvalue weighted by molar-refractivity contribution is 7.09. The first-order valence-corrected chi connectivity index (χ1v) is 7.91. The molecule has 108 valence electrons. The second-order valence-corrected chi connectivity index (χ2v) is 5.89. The SMILES string of the molecule is CC(NCCc1nccs1)c1ccc(-n2ccnc2)cc1. The summed E-state index contributed by atoms with van der Waals surface area (Å²) >= 11 is 1.71. The number of nitrogens with zero attached hydrogens (tertiary/aromatic N) is 3. The third kappa shape index (κ3) is 3.56. The minimum absolute atomic E-state index is 0.335. The molecule has 0 saturated heterocycles. The Balaban J connectivity index is 1.56. The average molecular weight is 298 g/mol. The summed E-state index contributed by atoms with van der Waals surface area (Å²) in [6.45, 7) is 3.13. The maximum atomic E-state index is 4.30. The first kappa shape index (κ1) is 14.0. The van der Waals surface area contributed by atoms with Crippen LogP contribution >= 0.6 is 11.3 Å². The third-order valence-electron chi connectivity index (χ3n) is 3.47. The van der Waals surface area contributed by atoms with Gasteiger partial charge in [0, 0.05) is 48.7 Å². The van der Waals surface area contributed by atoms with Gasteiger partial charge in [-0.3, -0.25) is 0 Å². The molecule has 0 aliphatic rings. The molecule has 2 aromatic heterocycles. The molecule has 1 N–H and O–H groups in total. The van der Waals surface area contributed by atoms with Crippen molar-refractivity contribution in [3.8, 4) is 5.69 Å². The van der Waals surface area contributed by atoms with E-state index in [1.165, 1.54) is 10.6 Å². The van der Waals surface area contributed by atoms with Crippen molar-refractivity contribution in [3.63, 3.8) is 0 Å². The molecule has 1 aromatic carbocycles. The molecular formula is C16H18N4S. The maximum Gasteiger partial charge on any atom is 0.0991 e. The lowest BCUT2D eigenvalue weighted by molar-refractivity contribution is 0.576. The molecule has 0 saturated carbocycles. The number of nitrogens with one attached hydrogen (secondary N) is 1. The first-order valence-electron chi connectivity index (χ1n) is 7.03. The fraction of sp³-hybridized carbons (Fsp3) is 0.250. The van der Waals surface area contributed by atoms with Gasteiger partial charge in [0.25, 0.3) is 0 Å². The Hall–Kier alpha value is -1.98. The molecule has 0 amide bonds. The van der Waals surface area contributed by atoms with E-state index in [1.807, 2.05) is 28.7 Å². The predicted molar refractivity (Wildman–Crippen MR) is 85.8 cm³/mol. The highest BCUT2D eigenvalue weighted by Crippen LogP contribution is 2.15. The van der Waals surface area contributed by atoms with Crippen LogP contribution in [0.2, 0.25) is 0 Å². The first-order chi connectivity index (χ1) is 10.3. The van der Waals surface area contributed by atoms with Crippen LogP contribution in [0.25, 0.3) is 5.69 Å². The van der Waals surface area contributed by atoms with Crippen molar-refractivity contribution in [2.24, 2.45) is 0 Å². The molecule has 0 spiro atoms. The number of hydrogen-bond acceptors (Lipinski definition) is 4. The summed E-state index contributed by atoms with van der Waals surface area (Å²) in [6, 6.07) is 8.90. The van der Waals surface area contributed by atoms with Crippen LogP contribution in [0.3, 0.4) is 0 Å². The fourth-order valence-electron chi connectivity index (χ4n) is 2.24. The molecule has 0 radical (unpaired) electrons. The second kappa shape index (κ2) is 6.65. The zero-order valence-corrected chi connectivity index (χ0v) is 12.8. The lowest BCUT2D eigenvalue weighted by atomic mass is 10.1. The van der Waals surface area contributed by atoms with Gasteiger partial charge in [-0.2, -0.15) is 0 Å². The monoisotopic (exact) mass is 298 g/mol. The summed E-state index contributed by atoms with van der Waals surface area (Å²) in [4.78, 5) is 8.36. The number of aromatic nitrogens is 3. The minimum atomic E-state index is 0.335. The van der Waals surface area contributed by atoms with Gasteiger partial charge in [0.2, 0.25) is 0 Å². The van der Waals surface area contributed by atoms with E-state index in [1.54, 1.807) is 17.5 Å². The van der Waals surface area contributed by atoms with E-state index in [-0.39, 0.29) is 0 Å². The molecule has 3 aromatic rings. The maximum absolute atomic E-state index is 4.30. The molecule has 5 heteroatoms. The Morgan fingerprint density at radius 1 is 1.24 bits per heavy atom. The quantitative estimate of drug-likeness (QED) is 0.760. The Labute approximate surface area is 128 Å². The smallest absolute Gasteiger partial charge is 0.0991 e. The van der Waals surface area contributed by atoms with E-state index < -0.39 is 0 Å². The summed E-state index contributed by atoms with van der Waals surface area (Å²) < 4.78 is 2.00. The minimum Gasteiger partial charge on any atom is -0.310 e. The summed E-state index contributed by atoms with van der Waals surface area (Å²) in [5.41, 5.74) is 2.42. The molecule has 21 heavy (non-hydrogen) atoms. The standard InChI is InChI=1S/C16H18N4S/c1-13(18-7-6-16-19-9-11-21-16)14-2-4-15(5-3-14)20-10-8-17-12-20/h2-5,8-13,18H,6-7H2,1H3. The van der Waals surface area contributed by atoms with E-state index in [2.05, 4.69) is 46.5 Å². The number of imidazole rings is 1. The van der Waals surface area contributed by atoms with Gasteiger partial charge in [-0.05, 0) is 24.6 Å². The Kier molecular flexibility index (Phi) is 4.43. The summed E-state index contributed by atoms with van der Waals surface area (Å²) in [5, 5.41) is 6.75. The van der Waals surface area contributed by atoms with Crippen LogP contribution in [-0.4, -0.2) is 21.1 Å². The molecule has 2 heterocycles. The molecule has 1 atom stereocenters. The van der Waals surface area contributed by atoms with Gasteiger partial charge < -0.3 is 9.88 Å². The Bertz CT molecular complexity index is 644. The lowest BCUT2D eigenvalue weighted by Crippen LogP contribution is -2.21. The van der Waals surface area contributed by atoms with Crippen LogP contribution < -0.4 is 5.32 Å². The van der Waals surface area contributed by atoms with Gasteiger partial charge in [0.15, 0.2) is 0 Å².